The van der Waals surface area contributed by atoms with Crippen molar-refractivity contribution in [1.29, 1.82) is 0 Å². The summed E-state index contributed by atoms with van der Waals surface area (Å²) in [4.78, 5) is 16.6. The van der Waals surface area contributed by atoms with E-state index in [1.165, 1.54) is 23.5 Å². The van der Waals surface area contributed by atoms with Gasteiger partial charge in [-0.3, -0.25) is 4.79 Å². The Morgan fingerprint density at radius 3 is 2.71 bits per heavy atom. The molecule has 0 radical (unpaired) electrons. The van der Waals surface area contributed by atoms with Crippen molar-refractivity contribution in [3.63, 3.8) is 0 Å². The van der Waals surface area contributed by atoms with E-state index in [2.05, 4.69) is 10.1 Å². The number of carbonyl (C=O) groups is 1. The van der Waals surface area contributed by atoms with E-state index in [1.54, 1.807) is 12.1 Å². The Kier molecular flexibility index (Phi) is 6.30. The molecule has 152 valence electrons. The molecular formula is C18H23N3O6S. The summed E-state index contributed by atoms with van der Waals surface area (Å²) >= 11 is 0. The van der Waals surface area contributed by atoms with Crippen LogP contribution in [0.15, 0.2) is 33.7 Å². The highest BCUT2D eigenvalue weighted by Crippen LogP contribution is 2.26. The average molecular weight is 409 g/mol. The van der Waals surface area contributed by atoms with Crippen LogP contribution in [0.5, 0.6) is 5.75 Å². The standard InChI is InChI=1S/C18H23N3O6S/c1-3-16-19-17(27-20-16)12-26-18(22)13-5-4-10-21(11-13)28(23,24)15-8-6-14(25-2)7-9-15/h6-9,13H,3-5,10-12H2,1-2H3. The van der Waals surface area contributed by atoms with Crippen LogP contribution in [-0.4, -0.2) is 49.0 Å². The summed E-state index contributed by atoms with van der Waals surface area (Å²) in [5.74, 6) is 0.344. The lowest BCUT2D eigenvalue weighted by Crippen LogP contribution is -2.42. The Labute approximate surface area is 163 Å². The van der Waals surface area contributed by atoms with Gasteiger partial charge in [0.05, 0.1) is 17.9 Å². The highest BCUT2D eigenvalue weighted by Gasteiger charge is 2.34. The van der Waals surface area contributed by atoms with Gasteiger partial charge in [0.25, 0.3) is 5.89 Å². The van der Waals surface area contributed by atoms with Gasteiger partial charge in [0.1, 0.15) is 5.75 Å². The fourth-order valence-electron chi connectivity index (χ4n) is 2.99. The number of nitrogens with zero attached hydrogens (tertiary/aromatic N) is 3. The number of rotatable bonds is 7. The van der Waals surface area contributed by atoms with Gasteiger partial charge in [-0.25, -0.2) is 8.42 Å². The lowest BCUT2D eigenvalue weighted by Gasteiger charge is -2.30. The third-order valence-electron chi connectivity index (χ3n) is 4.58. The van der Waals surface area contributed by atoms with Crippen molar-refractivity contribution in [3.8, 4) is 5.75 Å². The normalized spacial score (nSPS) is 18.0. The smallest absolute Gasteiger partial charge is 0.310 e. The number of hydrogen-bond acceptors (Lipinski definition) is 8. The van der Waals surface area contributed by atoms with E-state index < -0.39 is 21.9 Å². The molecule has 1 aliphatic heterocycles. The third-order valence-corrected chi connectivity index (χ3v) is 6.46. The first kappa shape index (κ1) is 20.3. The number of esters is 1. The summed E-state index contributed by atoms with van der Waals surface area (Å²) in [6.45, 7) is 2.22. The molecule has 9 nitrogen and oxygen atoms in total. The van der Waals surface area contributed by atoms with E-state index >= 15 is 0 Å². The molecule has 3 rings (SSSR count). The molecule has 0 bridgehead atoms. The van der Waals surface area contributed by atoms with E-state index in [9.17, 15) is 13.2 Å². The van der Waals surface area contributed by atoms with Gasteiger partial charge in [-0.15, -0.1) is 0 Å². The average Bonchev–Trinajstić information content (AvgIpc) is 3.20. The molecular weight excluding hydrogens is 386 g/mol. The summed E-state index contributed by atoms with van der Waals surface area (Å²) in [6.07, 6.45) is 1.77. The van der Waals surface area contributed by atoms with Crippen molar-refractivity contribution >= 4 is 16.0 Å². The van der Waals surface area contributed by atoms with Crippen LogP contribution in [0.25, 0.3) is 0 Å². The summed E-state index contributed by atoms with van der Waals surface area (Å²) < 4.78 is 42.4. The first-order valence-electron chi connectivity index (χ1n) is 9.06. The van der Waals surface area contributed by atoms with Crippen molar-refractivity contribution in [2.24, 2.45) is 5.92 Å². The summed E-state index contributed by atoms with van der Waals surface area (Å²) in [6, 6.07) is 6.18. The van der Waals surface area contributed by atoms with Gasteiger partial charge in [-0.1, -0.05) is 12.1 Å². The van der Waals surface area contributed by atoms with Crippen molar-refractivity contribution in [3.05, 3.63) is 36.0 Å². The number of methoxy groups -OCH3 is 1. The molecule has 28 heavy (non-hydrogen) atoms. The predicted octanol–water partition coefficient (Wildman–Crippen LogP) is 1.78. The molecule has 1 aromatic carbocycles. The van der Waals surface area contributed by atoms with Crippen LogP contribution < -0.4 is 4.74 Å². The fraction of sp³-hybridized carbons (Fsp3) is 0.500. The monoisotopic (exact) mass is 409 g/mol. The maximum absolute atomic E-state index is 12.9. The zero-order valence-corrected chi connectivity index (χ0v) is 16.6. The lowest BCUT2D eigenvalue weighted by molar-refractivity contribution is -0.151. The first-order valence-corrected chi connectivity index (χ1v) is 10.5. The quantitative estimate of drug-likeness (QED) is 0.636. The minimum atomic E-state index is -3.69. The van der Waals surface area contributed by atoms with Crippen LogP contribution in [0.4, 0.5) is 0 Å². The number of aryl methyl sites for hydroxylation is 1. The molecule has 1 atom stereocenters. The zero-order valence-electron chi connectivity index (χ0n) is 15.8. The minimum absolute atomic E-state index is 0.0806. The second-order valence-electron chi connectivity index (χ2n) is 6.44. The van der Waals surface area contributed by atoms with Crippen LogP contribution >= 0.6 is 0 Å². The Hall–Kier alpha value is -2.46. The van der Waals surface area contributed by atoms with Crippen LogP contribution in [0, 0.1) is 5.92 Å². The topological polar surface area (TPSA) is 112 Å². The van der Waals surface area contributed by atoms with E-state index in [1.807, 2.05) is 6.92 Å². The van der Waals surface area contributed by atoms with E-state index in [4.69, 9.17) is 14.0 Å². The summed E-state index contributed by atoms with van der Waals surface area (Å²) in [5.41, 5.74) is 0. The number of hydrogen-bond donors (Lipinski definition) is 0. The fourth-order valence-corrected chi connectivity index (χ4v) is 4.52. The molecule has 10 heteroatoms. The molecule has 0 aliphatic carbocycles. The number of carbonyl (C=O) groups excluding carboxylic acids is 1. The number of ether oxygens (including phenoxy) is 2. The van der Waals surface area contributed by atoms with Crippen molar-refractivity contribution in [1.82, 2.24) is 14.4 Å². The summed E-state index contributed by atoms with van der Waals surface area (Å²) in [5, 5.41) is 3.74. The SMILES string of the molecule is CCc1noc(COC(=O)C2CCCN(S(=O)(=O)c3ccc(OC)cc3)C2)n1. The Morgan fingerprint density at radius 2 is 2.07 bits per heavy atom. The molecule has 1 aromatic heterocycles. The van der Waals surface area contributed by atoms with Gasteiger partial charge in [-0.05, 0) is 37.1 Å². The van der Waals surface area contributed by atoms with Crippen LogP contribution in [-0.2, 0) is 32.6 Å². The lowest BCUT2D eigenvalue weighted by atomic mass is 10.0. The van der Waals surface area contributed by atoms with Crippen molar-refractivity contribution < 1.29 is 27.2 Å². The Morgan fingerprint density at radius 1 is 1.32 bits per heavy atom. The van der Waals surface area contributed by atoms with Gasteiger partial charge >= 0.3 is 5.97 Å². The summed E-state index contributed by atoms with van der Waals surface area (Å²) in [7, 11) is -2.18. The second-order valence-corrected chi connectivity index (χ2v) is 8.38. The van der Waals surface area contributed by atoms with E-state index in [-0.39, 0.29) is 23.9 Å². The Bertz CT molecular complexity index is 910. The molecule has 1 aliphatic rings. The number of sulfonamides is 1. The molecule has 0 amide bonds. The van der Waals surface area contributed by atoms with Gasteiger partial charge in [0.2, 0.25) is 10.0 Å². The van der Waals surface area contributed by atoms with Crippen LogP contribution in [0.1, 0.15) is 31.5 Å². The second kappa shape index (κ2) is 8.70. The van der Waals surface area contributed by atoms with Crippen LogP contribution in [0.3, 0.4) is 0 Å². The molecule has 2 heterocycles. The molecule has 1 unspecified atom stereocenters. The predicted molar refractivity (Wildman–Crippen MR) is 97.9 cm³/mol. The van der Waals surface area contributed by atoms with Gasteiger partial charge < -0.3 is 14.0 Å². The minimum Gasteiger partial charge on any atom is -0.497 e. The first-order chi connectivity index (χ1) is 13.4. The number of benzene rings is 1. The molecule has 0 N–H and O–H groups in total. The maximum atomic E-state index is 12.9. The highest BCUT2D eigenvalue weighted by atomic mass is 32.2. The number of aromatic nitrogens is 2. The zero-order chi connectivity index (χ0) is 20.1. The molecule has 1 saturated heterocycles. The molecule has 0 spiro atoms. The van der Waals surface area contributed by atoms with Gasteiger partial charge in [0.15, 0.2) is 12.4 Å². The molecule has 1 fully saturated rings. The van der Waals surface area contributed by atoms with Crippen LogP contribution in [0.2, 0.25) is 0 Å². The van der Waals surface area contributed by atoms with Gasteiger partial charge in [-0.2, -0.15) is 9.29 Å². The maximum Gasteiger partial charge on any atom is 0.310 e. The number of piperidine rings is 1. The molecule has 0 saturated carbocycles. The molecule has 2 aromatic rings. The Balaban J connectivity index is 1.62. The van der Waals surface area contributed by atoms with Crippen molar-refractivity contribution in [2.75, 3.05) is 20.2 Å². The van der Waals surface area contributed by atoms with E-state index in [0.717, 1.165) is 0 Å². The van der Waals surface area contributed by atoms with Gasteiger partial charge in [0, 0.05) is 19.5 Å². The van der Waals surface area contributed by atoms with E-state index in [0.29, 0.717) is 37.4 Å². The highest BCUT2D eigenvalue weighted by molar-refractivity contribution is 7.89. The third kappa shape index (κ3) is 4.50. The van der Waals surface area contributed by atoms with Crippen molar-refractivity contribution in [2.45, 2.75) is 37.7 Å². The largest absolute Gasteiger partial charge is 0.497 e.